The second kappa shape index (κ2) is 7.45. The Morgan fingerprint density at radius 2 is 1.89 bits per heavy atom. The molecular weight excluding hydrogens is 255 g/mol. The average Bonchev–Trinajstić information content (AvgIpc) is 2.30. The van der Waals surface area contributed by atoms with Gasteiger partial charge in [-0.3, -0.25) is 4.79 Å². The molecular formula is C12H17FN2O4. The molecule has 6 N–H and O–H groups in total. The van der Waals surface area contributed by atoms with Crippen LogP contribution in [-0.4, -0.2) is 34.5 Å². The minimum atomic E-state index is -1.16. The van der Waals surface area contributed by atoms with Gasteiger partial charge in [-0.15, -0.1) is 0 Å². The van der Waals surface area contributed by atoms with E-state index in [2.05, 4.69) is 5.32 Å². The van der Waals surface area contributed by atoms with E-state index in [1.165, 1.54) is 31.2 Å². The van der Waals surface area contributed by atoms with E-state index in [-0.39, 0.29) is 11.9 Å². The highest BCUT2D eigenvalue weighted by atomic mass is 19.1. The van der Waals surface area contributed by atoms with Crippen molar-refractivity contribution in [1.29, 1.82) is 0 Å². The largest absolute Gasteiger partial charge is 0.480 e. The first-order chi connectivity index (χ1) is 8.40. The highest BCUT2D eigenvalue weighted by Crippen LogP contribution is 2.06. The summed E-state index contributed by atoms with van der Waals surface area (Å²) in [6, 6.07) is 3.57. The third-order valence-electron chi connectivity index (χ3n) is 2.38. The Hall–Kier alpha value is -1.99. The van der Waals surface area contributed by atoms with Gasteiger partial charge in [0.15, 0.2) is 0 Å². The van der Waals surface area contributed by atoms with Crippen molar-refractivity contribution < 1.29 is 24.6 Å². The summed E-state index contributed by atoms with van der Waals surface area (Å²) >= 11 is 0. The Bertz CT molecular complexity index is 434. The maximum absolute atomic E-state index is 12.7. The minimum absolute atomic E-state index is 0. The van der Waals surface area contributed by atoms with Crippen molar-refractivity contribution in [2.45, 2.75) is 25.4 Å². The summed E-state index contributed by atoms with van der Waals surface area (Å²) in [5, 5.41) is 11.3. The summed E-state index contributed by atoms with van der Waals surface area (Å²) in [6.45, 7) is 1.46. The molecule has 6 nitrogen and oxygen atoms in total. The number of amides is 1. The topological polar surface area (TPSA) is 124 Å². The molecule has 19 heavy (non-hydrogen) atoms. The number of halogens is 1. The summed E-state index contributed by atoms with van der Waals surface area (Å²) < 4.78 is 12.7. The molecule has 0 spiro atoms. The first kappa shape index (κ1) is 17.0. The monoisotopic (exact) mass is 272 g/mol. The van der Waals surface area contributed by atoms with E-state index in [4.69, 9.17) is 10.8 Å². The number of aliphatic carboxylic acids is 1. The van der Waals surface area contributed by atoms with Gasteiger partial charge in [-0.2, -0.15) is 0 Å². The second-order valence-corrected chi connectivity index (χ2v) is 4.02. The van der Waals surface area contributed by atoms with E-state index in [9.17, 15) is 14.0 Å². The molecule has 1 aromatic carbocycles. The summed E-state index contributed by atoms with van der Waals surface area (Å²) in [7, 11) is 0. The lowest BCUT2D eigenvalue weighted by Gasteiger charge is -2.16. The molecule has 0 fully saturated rings. The highest BCUT2D eigenvalue weighted by Gasteiger charge is 2.21. The Balaban J connectivity index is 0.00000324. The number of carboxylic acids is 1. The minimum Gasteiger partial charge on any atom is -0.480 e. The molecule has 0 saturated heterocycles. The number of hydrogen-bond donors (Lipinski definition) is 3. The highest BCUT2D eigenvalue weighted by molar-refractivity contribution is 5.86. The quantitative estimate of drug-likeness (QED) is 0.665. The smallest absolute Gasteiger partial charge is 0.326 e. The maximum atomic E-state index is 12.7. The van der Waals surface area contributed by atoms with Crippen LogP contribution in [0.4, 0.5) is 4.39 Å². The molecule has 0 saturated carbocycles. The molecule has 7 heteroatoms. The van der Waals surface area contributed by atoms with E-state index >= 15 is 0 Å². The molecule has 2 atom stereocenters. The molecule has 0 aliphatic rings. The molecule has 0 bridgehead atoms. The van der Waals surface area contributed by atoms with Crippen molar-refractivity contribution in [3.63, 3.8) is 0 Å². The molecule has 1 unspecified atom stereocenters. The number of carbonyl (C=O) groups is 2. The average molecular weight is 272 g/mol. The molecule has 0 aromatic heterocycles. The van der Waals surface area contributed by atoms with Gasteiger partial charge in [0.05, 0.1) is 6.04 Å². The van der Waals surface area contributed by atoms with E-state index in [0.717, 1.165) is 0 Å². The fourth-order valence-electron chi connectivity index (χ4n) is 1.36. The van der Waals surface area contributed by atoms with Crippen LogP contribution in [0.2, 0.25) is 0 Å². The lowest BCUT2D eigenvalue weighted by molar-refractivity contribution is -0.141. The van der Waals surface area contributed by atoms with Gasteiger partial charge in [0.1, 0.15) is 11.9 Å². The fraction of sp³-hybridized carbons (Fsp3) is 0.333. The van der Waals surface area contributed by atoms with Crippen LogP contribution in [0.1, 0.15) is 12.5 Å². The van der Waals surface area contributed by atoms with Gasteiger partial charge in [-0.05, 0) is 24.6 Å². The van der Waals surface area contributed by atoms with Crippen LogP contribution >= 0.6 is 0 Å². The van der Waals surface area contributed by atoms with Gasteiger partial charge in [0.25, 0.3) is 0 Å². The number of rotatable bonds is 5. The molecule has 0 radical (unpaired) electrons. The number of carboxylic acid groups (broad SMARTS) is 1. The first-order valence-corrected chi connectivity index (χ1v) is 5.43. The zero-order chi connectivity index (χ0) is 13.7. The van der Waals surface area contributed by atoms with Crippen molar-refractivity contribution in [3.8, 4) is 0 Å². The van der Waals surface area contributed by atoms with Gasteiger partial charge in [0, 0.05) is 6.42 Å². The third kappa shape index (κ3) is 5.45. The molecule has 0 aliphatic carbocycles. The number of nitrogens with one attached hydrogen (secondary N) is 1. The summed E-state index contributed by atoms with van der Waals surface area (Å²) in [6.07, 6.45) is 0.0775. The Morgan fingerprint density at radius 3 is 2.32 bits per heavy atom. The zero-order valence-corrected chi connectivity index (χ0v) is 10.4. The van der Waals surface area contributed by atoms with Crippen LogP contribution in [0.25, 0.3) is 0 Å². The van der Waals surface area contributed by atoms with Crippen molar-refractivity contribution in [2.75, 3.05) is 0 Å². The van der Waals surface area contributed by atoms with Crippen molar-refractivity contribution >= 4 is 11.9 Å². The van der Waals surface area contributed by atoms with Gasteiger partial charge in [0.2, 0.25) is 5.91 Å². The van der Waals surface area contributed by atoms with E-state index < -0.39 is 29.8 Å². The van der Waals surface area contributed by atoms with E-state index in [0.29, 0.717) is 5.56 Å². The Kier molecular flexibility index (Phi) is 6.67. The fourth-order valence-corrected chi connectivity index (χ4v) is 1.36. The maximum Gasteiger partial charge on any atom is 0.326 e. The third-order valence-corrected chi connectivity index (χ3v) is 2.38. The predicted molar refractivity (Wildman–Crippen MR) is 66.9 cm³/mol. The standard InChI is InChI=1S/C12H15FN2O3.H2O/c1-7(14)11(16)15-10(12(17)18)6-8-2-4-9(13)5-3-8;/h2-5,7,10H,6,14H2,1H3,(H,15,16)(H,17,18);1H2/t7-,10?;/m0./s1. The number of hydrogen-bond acceptors (Lipinski definition) is 3. The van der Waals surface area contributed by atoms with E-state index in [1.807, 2.05) is 0 Å². The zero-order valence-electron chi connectivity index (χ0n) is 10.4. The van der Waals surface area contributed by atoms with Gasteiger partial charge in [-0.25, -0.2) is 9.18 Å². The molecule has 0 aliphatic heterocycles. The lowest BCUT2D eigenvalue weighted by Crippen LogP contribution is -2.48. The van der Waals surface area contributed by atoms with Crippen LogP contribution in [0.15, 0.2) is 24.3 Å². The molecule has 1 amide bonds. The van der Waals surface area contributed by atoms with Crippen molar-refractivity contribution in [1.82, 2.24) is 5.32 Å². The second-order valence-electron chi connectivity index (χ2n) is 4.02. The Labute approximate surface area is 109 Å². The SMILES string of the molecule is C[C@H](N)C(=O)NC(Cc1ccc(F)cc1)C(=O)O.O. The predicted octanol–water partition coefficient (Wildman–Crippen LogP) is -0.540. The van der Waals surface area contributed by atoms with Crippen LogP contribution in [0.5, 0.6) is 0 Å². The van der Waals surface area contributed by atoms with Crippen LogP contribution in [-0.2, 0) is 16.0 Å². The Morgan fingerprint density at radius 1 is 1.37 bits per heavy atom. The van der Waals surface area contributed by atoms with Gasteiger partial charge in [-0.1, -0.05) is 12.1 Å². The summed E-state index contributed by atoms with van der Waals surface area (Å²) in [5.74, 6) is -2.09. The first-order valence-electron chi connectivity index (χ1n) is 5.43. The lowest BCUT2D eigenvalue weighted by atomic mass is 10.1. The van der Waals surface area contributed by atoms with Crippen LogP contribution in [0, 0.1) is 5.82 Å². The van der Waals surface area contributed by atoms with Crippen molar-refractivity contribution in [2.24, 2.45) is 5.73 Å². The molecule has 0 heterocycles. The number of carbonyl (C=O) groups excluding carboxylic acids is 1. The molecule has 1 rings (SSSR count). The van der Waals surface area contributed by atoms with Gasteiger partial charge >= 0.3 is 5.97 Å². The molecule has 106 valence electrons. The number of nitrogens with two attached hydrogens (primary N) is 1. The van der Waals surface area contributed by atoms with Gasteiger partial charge < -0.3 is 21.6 Å². The molecule has 1 aromatic rings. The summed E-state index contributed by atoms with van der Waals surface area (Å²) in [4.78, 5) is 22.3. The van der Waals surface area contributed by atoms with Crippen LogP contribution in [0.3, 0.4) is 0 Å². The summed E-state index contributed by atoms with van der Waals surface area (Å²) in [5.41, 5.74) is 5.96. The number of benzene rings is 1. The van der Waals surface area contributed by atoms with Crippen molar-refractivity contribution in [3.05, 3.63) is 35.6 Å². The van der Waals surface area contributed by atoms with E-state index in [1.54, 1.807) is 0 Å². The van der Waals surface area contributed by atoms with Crippen LogP contribution < -0.4 is 11.1 Å². The normalized spacial score (nSPS) is 13.0.